The fraction of sp³-hybridized carbons (Fsp3) is 0.160. The molecule has 4 aromatic rings. The molecule has 0 aliphatic carbocycles. The van der Waals surface area contributed by atoms with E-state index in [2.05, 4.69) is 4.98 Å². The van der Waals surface area contributed by atoms with Crippen molar-refractivity contribution in [2.45, 2.75) is 19.4 Å². The summed E-state index contributed by atoms with van der Waals surface area (Å²) in [6.07, 6.45) is 2.34. The van der Waals surface area contributed by atoms with Crippen LogP contribution in [0.3, 0.4) is 0 Å². The maximum Gasteiger partial charge on any atom is 0.339 e. The van der Waals surface area contributed by atoms with Gasteiger partial charge in [0.2, 0.25) is 0 Å². The van der Waals surface area contributed by atoms with Crippen LogP contribution in [0.4, 0.5) is 5.69 Å². The van der Waals surface area contributed by atoms with E-state index in [9.17, 15) is 9.59 Å². The van der Waals surface area contributed by atoms with Gasteiger partial charge >= 0.3 is 5.97 Å². The van der Waals surface area contributed by atoms with Gasteiger partial charge in [-0.1, -0.05) is 36.4 Å². The first-order valence-electron chi connectivity index (χ1n) is 10.1. The van der Waals surface area contributed by atoms with Gasteiger partial charge in [0.1, 0.15) is 5.69 Å². The number of carbonyl (C=O) groups excluding carboxylic acids is 2. The summed E-state index contributed by atoms with van der Waals surface area (Å²) >= 11 is 0. The van der Waals surface area contributed by atoms with Crippen LogP contribution < -0.4 is 4.90 Å². The minimum absolute atomic E-state index is 0.0240. The standard InChI is InChI=1S/C25H20N2O4/c1-16-13-17-7-2-5-10-22(17)27(16)24(28)15-31-25(29)19-14-21(23-11-6-12-30-23)26-20-9-4-3-8-18(19)20/h2-12,14,16H,13,15H2,1H3/t16-/m1/s1. The van der Waals surface area contributed by atoms with E-state index < -0.39 is 5.97 Å². The lowest BCUT2D eigenvalue weighted by Crippen LogP contribution is -2.38. The van der Waals surface area contributed by atoms with Crippen LogP contribution in [0.5, 0.6) is 0 Å². The van der Waals surface area contributed by atoms with E-state index in [1.54, 1.807) is 29.4 Å². The fourth-order valence-electron chi connectivity index (χ4n) is 4.11. The molecule has 0 bridgehead atoms. The van der Waals surface area contributed by atoms with Crippen molar-refractivity contribution < 1.29 is 18.7 Å². The van der Waals surface area contributed by atoms with Crippen LogP contribution >= 0.6 is 0 Å². The van der Waals surface area contributed by atoms with Gasteiger partial charge in [-0.25, -0.2) is 9.78 Å². The molecule has 1 aliphatic heterocycles. The first kappa shape index (κ1) is 19.1. The molecule has 31 heavy (non-hydrogen) atoms. The summed E-state index contributed by atoms with van der Waals surface area (Å²) in [6, 6.07) is 20.3. The highest BCUT2D eigenvalue weighted by Crippen LogP contribution is 2.32. The Bertz CT molecular complexity index is 1280. The molecule has 0 spiro atoms. The average Bonchev–Trinajstić information content (AvgIpc) is 3.44. The van der Waals surface area contributed by atoms with Gasteiger partial charge in [-0.3, -0.25) is 4.79 Å². The number of pyridine rings is 1. The van der Waals surface area contributed by atoms with Gasteiger partial charge in [-0.15, -0.1) is 0 Å². The molecule has 2 aromatic carbocycles. The summed E-state index contributed by atoms with van der Waals surface area (Å²) in [4.78, 5) is 32.2. The number of hydrogen-bond acceptors (Lipinski definition) is 5. The summed E-state index contributed by atoms with van der Waals surface area (Å²) in [6.45, 7) is 1.66. The first-order valence-corrected chi connectivity index (χ1v) is 10.1. The van der Waals surface area contributed by atoms with Crippen molar-refractivity contribution >= 4 is 28.5 Å². The van der Waals surface area contributed by atoms with E-state index in [0.29, 0.717) is 27.9 Å². The number of ether oxygens (including phenoxy) is 1. The van der Waals surface area contributed by atoms with Crippen molar-refractivity contribution in [1.29, 1.82) is 0 Å². The van der Waals surface area contributed by atoms with Crippen LogP contribution in [-0.4, -0.2) is 29.5 Å². The van der Waals surface area contributed by atoms with Gasteiger partial charge in [-0.2, -0.15) is 0 Å². The molecule has 1 amide bonds. The van der Waals surface area contributed by atoms with Gasteiger partial charge in [-0.05, 0) is 49.2 Å². The average molecular weight is 412 g/mol. The van der Waals surface area contributed by atoms with Gasteiger partial charge in [0.25, 0.3) is 5.91 Å². The molecule has 6 heteroatoms. The van der Waals surface area contributed by atoms with E-state index in [1.807, 2.05) is 55.5 Å². The fourth-order valence-corrected chi connectivity index (χ4v) is 4.11. The predicted octanol–water partition coefficient (Wildman–Crippen LogP) is 4.63. The third-order valence-electron chi connectivity index (χ3n) is 5.51. The van der Waals surface area contributed by atoms with Gasteiger partial charge in [0, 0.05) is 17.1 Å². The molecular formula is C25H20N2O4. The maximum absolute atomic E-state index is 13.0. The molecule has 1 aliphatic rings. The molecule has 1 atom stereocenters. The van der Waals surface area contributed by atoms with Gasteiger partial charge in [0.05, 0.1) is 17.3 Å². The lowest BCUT2D eigenvalue weighted by molar-refractivity contribution is -0.122. The Labute approximate surface area is 179 Å². The molecule has 3 heterocycles. The van der Waals surface area contributed by atoms with Crippen LogP contribution in [0.2, 0.25) is 0 Å². The van der Waals surface area contributed by atoms with E-state index in [-0.39, 0.29) is 18.6 Å². The second-order valence-electron chi connectivity index (χ2n) is 7.57. The summed E-state index contributed by atoms with van der Waals surface area (Å²) in [5.74, 6) is -0.256. The molecule has 5 rings (SSSR count). The minimum atomic E-state index is -0.570. The second kappa shape index (κ2) is 7.72. The lowest BCUT2D eigenvalue weighted by atomic mass is 10.1. The third-order valence-corrected chi connectivity index (χ3v) is 5.51. The molecule has 0 saturated heterocycles. The summed E-state index contributed by atoms with van der Waals surface area (Å²) in [7, 11) is 0. The van der Waals surface area contributed by atoms with Crippen molar-refractivity contribution in [3.05, 3.63) is 84.1 Å². The molecule has 0 saturated carbocycles. The summed E-state index contributed by atoms with van der Waals surface area (Å²) in [5, 5.41) is 0.662. The maximum atomic E-state index is 13.0. The van der Waals surface area contributed by atoms with E-state index in [1.165, 1.54) is 0 Å². The van der Waals surface area contributed by atoms with Crippen LogP contribution in [0, 0.1) is 0 Å². The van der Waals surface area contributed by atoms with Crippen molar-refractivity contribution in [2.75, 3.05) is 11.5 Å². The molecule has 154 valence electrons. The van der Waals surface area contributed by atoms with E-state index in [0.717, 1.165) is 17.7 Å². The largest absolute Gasteiger partial charge is 0.463 e. The normalized spacial score (nSPS) is 15.1. The Hall–Kier alpha value is -3.93. The lowest BCUT2D eigenvalue weighted by Gasteiger charge is -2.22. The number of furan rings is 1. The third kappa shape index (κ3) is 3.46. The van der Waals surface area contributed by atoms with Crippen molar-refractivity contribution in [3.63, 3.8) is 0 Å². The number of carbonyl (C=O) groups is 2. The van der Waals surface area contributed by atoms with Crippen molar-refractivity contribution in [3.8, 4) is 11.5 Å². The van der Waals surface area contributed by atoms with Gasteiger partial charge < -0.3 is 14.1 Å². The Morgan fingerprint density at radius 1 is 1.10 bits per heavy atom. The highest BCUT2D eigenvalue weighted by atomic mass is 16.5. The van der Waals surface area contributed by atoms with Crippen molar-refractivity contribution in [1.82, 2.24) is 4.98 Å². The van der Waals surface area contributed by atoms with Crippen LogP contribution in [0.1, 0.15) is 22.8 Å². The number of hydrogen-bond donors (Lipinski definition) is 0. The Kier molecular flexibility index (Phi) is 4.75. The highest BCUT2D eigenvalue weighted by Gasteiger charge is 2.31. The smallest absolute Gasteiger partial charge is 0.339 e. The highest BCUT2D eigenvalue weighted by molar-refractivity contribution is 6.06. The number of fused-ring (bicyclic) bond motifs is 2. The Morgan fingerprint density at radius 2 is 1.90 bits per heavy atom. The molecule has 2 aromatic heterocycles. The summed E-state index contributed by atoms with van der Waals surface area (Å²) in [5.41, 5.74) is 3.53. The number of benzene rings is 2. The quantitative estimate of drug-likeness (QED) is 0.457. The SMILES string of the molecule is C[C@@H]1Cc2ccccc2N1C(=O)COC(=O)c1cc(-c2ccco2)nc2ccccc12. The Morgan fingerprint density at radius 3 is 2.74 bits per heavy atom. The van der Waals surface area contributed by atoms with Crippen LogP contribution in [-0.2, 0) is 16.0 Å². The zero-order valence-corrected chi connectivity index (χ0v) is 16.9. The van der Waals surface area contributed by atoms with Crippen LogP contribution in [0.25, 0.3) is 22.4 Å². The first-order chi connectivity index (χ1) is 15.1. The number of aromatic nitrogens is 1. The van der Waals surface area contributed by atoms with E-state index in [4.69, 9.17) is 9.15 Å². The topological polar surface area (TPSA) is 72.6 Å². The predicted molar refractivity (Wildman–Crippen MR) is 117 cm³/mol. The molecule has 0 N–H and O–H groups in total. The molecule has 0 radical (unpaired) electrons. The number of nitrogens with zero attached hydrogens (tertiary/aromatic N) is 2. The number of amides is 1. The minimum Gasteiger partial charge on any atom is -0.463 e. The second-order valence-corrected chi connectivity index (χ2v) is 7.57. The zero-order valence-electron chi connectivity index (χ0n) is 16.9. The number of esters is 1. The Balaban J connectivity index is 1.40. The van der Waals surface area contributed by atoms with Crippen molar-refractivity contribution in [2.24, 2.45) is 0 Å². The number of anilines is 1. The van der Waals surface area contributed by atoms with E-state index >= 15 is 0 Å². The zero-order chi connectivity index (χ0) is 21.4. The van der Waals surface area contributed by atoms with Crippen LogP contribution in [0.15, 0.2) is 77.4 Å². The number of rotatable bonds is 4. The van der Waals surface area contributed by atoms with Gasteiger partial charge in [0.15, 0.2) is 12.4 Å². The molecular weight excluding hydrogens is 392 g/mol. The molecule has 0 fully saturated rings. The molecule has 0 unspecified atom stereocenters. The monoisotopic (exact) mass is 412 g/mol. The number of para-hydroxylation sites is 2. The molecule has 6 nitrogen and oxygen atoms in total. The summed E-state index contributed by atoms with van der Waals surface area (Å²) < 4.78 is 10.9.